The summed E-state index contributed by atoms with van der Waals surface area (Å²) in [6.07, 6.45) is 2.66. The minimum atomic E-state index is -0.755. The van der Waals surface area contributed by atoms with Crippen LogP contribution in [0.3, 0.4) is 0 Å². The SMILES string of the molecule is COc1cccc(CN2CCC(N3CC(=O)N4CC[C@@H](NC(=O)CC(C)(C)C)C[C@H]4C(=O)NCCOCCOCC3=O)CC2)c1. The van der Waals surface area contributed by atoms with Crippen LogP contribution < -0.4 is 15.4 Å². The minimum absolute atomic E-state index is 0.0623. The molecule has 12 heteroatoms. The minimum Gasteiger partial charge on any atom is -0.497 e. The van der Waals surface area contributed by atoms with E-state index in [0.717, 1.165) is 43.8 Å². The van der Waals surface area contributed by atoms with Crippen LogP contribution in [0.4, 0.5) is 0 Å². The molecule has 12 nitrogen and oxygen atoms in total. The van der Waals surface area contributed by atoms with Gasteiger partial charge in [-0.05, 0) is 48.8 Å². The van der Waals surface area contributed by atoms with Gasteiger partial charge >= 0.3 is 0 Å². The number of likely N-dealkylation sites (tertiary alicyclic amines) is 1. The number of carbonyl (C=O) groups is 4. The van der Waals surface area contributed by atoms with Gasteiger partial charge in [-0.3, -0.25) is 24.1 Å². The van der Waals surface area contributed by atoms with Gasteiger partial charge in [-0.2, -0.15) is 0 Å². The molecule has 0 aliphatic carbocycles. The van der Waals surface area contributed by atoms with Crippen LogP contribution in [0, 0.1) is 5.41 Å². The molecule has 0 radical (unpaired) electrons. The molecule has 1 aromatic carbocycles. The Labute approximate surface area is 267 Å². The molecule has 2 atom stereocenters. The summed E-state index contributed by atoms with van der Waals surface area (Å²) in [5, 5.41) is 5.97. The summed E-state index contributed by atoms with van der Waals surface area (Å²) in [6.45, 7) is 9.51. The second-order valence-corrected chi connectivity index (χ2v) is 13.5. The van der Waals surface area contributed by atoms with Crippen molar-refractivity contribution in [2.75, 3.05) is 66.3 Å². The number of benzene rings is 1. The number of hydrogen-bond acceptors (Lipinski definition) is 8. The summed E-state index contributed by atoms with van der Waals surface area (Å²) in [5.41, 5.74) is 0.998. The Bertz CT molecular complexity index is 1160. The number of ether oxygens (including phenoxy) is 3. The first-order valence-corrected chi connectivity index (χ1v) is 16.2. The number of carbonyl (C=O) groups excluding carboxylic acids is 4. The highest BCUT2D eigenvalue weighted by molar-refractivity contribution is 5.91. The van der Waals surface area contributed by atoms with E-state index in [2.05, 4.69) is 21.6 Å². The average Bonchev–Trinajstić information content (AvgIpc) is 3.00. The smallest absolute Gasteiger partial charge is 0.249 e. The first-order chi connectivity index (χ1) is 21.5. The Hall–Kier alpha value is -3.22. The predicted octanol–water partition coefficient (Wildman–Crippen LogP) is 1.56. The van der Waals surface area contributed by atoms with E-state index < -0.39 is 6.04 Å². The first kappa shape index (κ1) is 34.6. The fraction of sp³-hybridized carbons (Fsp3) is 0.697. The van der Waals surface area contributed by atoms with Crippen LogP contribution in [0.25, 0.3) is 0 Å². The van der Waals surface area contributed by atoms with Gasteiger partial charge in [0.05, 0.1) is 26.9 Å². The van der Waals surface area contributed by atoms with Gasteiger partial charge in [0.1, 0.15) is 24.9 Å². The van der Waals surface area contributed by atoms with E-state index in [4.69, 9.17) is 14.2 Å². The Balaban J connectivity index is 1.44. The number of fused-ring (bicyclic) bond motifs is 1. The maximum atomic E-state index is 13.9. The fourth-order valence-electron chi connectivity index (χ4n) is 6.31. The maximum absolute atomic E-state index is 13.9. The van der Waals surface area contributed by atoms with Crippen LogP contribution in [-0.2, 0) is 35.2 Å². The van der Waals surface area contributed by atoms with Crippen molar-refractivity contribution >= 4 is 23.6 Å². The molecule has 4 amide bonds. The van der Waals surface area contributed by atoms with Gasteiger partial charge in [-0.1, -0.05) is 32.9 Å². The molecular weight excluding hydrogens is 578 g/mol. The molecule has 3 heterocycles. The lowest BCUT2D eigenvalue weighted by Gasteiger charge is -2.42. The van der Waals surface area contributed by atoms with Crippen molar-refractivity contribution in [1.29, 1.82) is 0 Å². The third-order valence-electron chi connectivity index (χ3n) is 8.59. The molecule has 0 saturated carbocycles. The zero-order valence-corrected chi connectivity index (χ0v) is 27.3. The maximum Gasteiger partial charge on any atom is 0.249 e. The van der Waals surface area contributed by atoms with Crippen LogP contribution >= 0.6 is 0 Å². The summed E-state index contributed by atoms with van der Waals surface area (Å²) in [5.74, 6) is -0.0336. The van der Waals surface area contributed by atoms with Gasteiger partial charge in [0, 0.05) is 51.2 Å². The van der Waals surface area contributed by atoms with Crippen molar-refractivity contribution < 1.29 is 33.4 Å². The number of hydrogen-bond donors (Lipinski definition) is 2. The van der Waals surface area contributed by atoms with E-state index >= 15 is 0 Å². The number of piperidine rings is 2. The van der Waals surface area contributed by atoms with Gasteiger partial charge in [-0.15, -0.1) is 0 Å². The monoisotopic (exact) mass is 629 g/mol. The van der Waals surface area contributed by atoms with Gasteiger partial charge in [0.15, 0.2) is 0 Å². The molecular formula is C33H51N5O7. The summed E-state index contributed by atoms with van der Waals surface area (Å²) < 4.78 is 16.6. The topological polar surface area (TPSA) is 130 Å². The average molecular weight is 630 g/mol. The van der Waals surface area contributed by atoms with E-state index in [0.29, 0.717) is 32.4 Å². The molecule has 1 aromatic rings. The fourth-order valence-corrected chi connectivity index (χ4v) is 6.31. The van der Waals surface area contributed by atoms with Crippen molar-refractivity contribution in [2.24, 2.45) is 5.41 Å². The van der Waals surface area contributed by atoms with Gasteiger partial charge in [-0.25, -0.2) is 0 Å². The second-order valence-electron chi connectivity index (χ2n) is 13.5. The highest BCUT2D eigenvalue weighted by atomic mass is 16.5. The number of nitrogens with one attached hydrogen (secondary N) is 2. The molecule has 0 unspecified atom stereocenters. The second kappa shape index (κ2) is 16.4. The lowest BCUT2D eigenvalue weighted by atomic mass is 9.91. The molecule has 3 fully saturated rings. The van der Waals surface area contributed by atoms with E-state index in [1.54, 1.807) is 16.9 Å². The summed E-state index contributed by atoms with van der Waals surface area (Å²) in [7, 11) is 1.66. The standard InChI is InChI=1S/C33H51N5O7/c1-33(2,3)20-29(39)35-25-8-14-37-28(19-25)32(42)34-11-15-44-16-17-45-23-31(41)38(22-30(37)40)26-9-12-36(13-10-26)21-24-6-5-7-27(18-24)43-4/h5-7,18,25-26,28H,8-17,19-23H2,1-4H3,(H,34,42)(H,35,39)/t25-,28+/m1/s1. The van der Waals surface area contributed by atoms with Crippen LogP contribution in [0.2, 0.25) is 0 Å². The molecule has 45 heavy (non-hydrogen) atoms. The highest BCUT2D eigenvalue weighted by Crippen LogP contribution is 2.24. The van der Waals surface area contributed by atoms with E-state index in [9.17, 15) is 19.2 Å². The van der Waals surface area contributed by atoms with Crippen molar-refractivity contribution in [1.82, 2.24) is 25.3 Å². The lowest BCUT2D eigenvalue weighted by molar-refractivity contribution is -0.150. The van der Waals surface area contributed by atoms with E-state index in [1.165, 1.54) is 0 Å². The molecule has 0 bridgehead atoms. The summed E-state index contributed by atoms with van der Waals surface area (Å²) in [6, 6.07) is 6.91. The van der Waals surface area contributed by atoms with Crippen LogP contribution in [-0.4, -0.2) is 123 Å². The predicted molar refractivity (Wildman–Crippen MR) is 168 cm³/mol. The van der Waals surface area contributed by atoms with Crippen molar-refractivity contribution in [3.8, 4) is 5.75 Å². The van der Waals surface area contributed by atoms with Crippen LogP contribution in [0.1, 0.15) is 58.4 Å². The Morgan fingerprint density at radius 2 is 1.76 bits per heavy atom. The number of methoxy groups -OCH3 is 1. The quantitative estimate of drug-likeness (QED) is 0.485. The zero-order valence-electron chi connectivity index (χ0n) is 27.3. The van der Waals surface area contributed by atoms with Gasteiger partial charge in [0.2, 0.25) is 23.6 Å². The van der Waals surface area contributed by atoms with Crippen LogP contribution in [0.5, 0.6) is 5.75 Å². The van der Waals surface area contributed by atoms with Crippen molar-refractivity contribution in [3.05, 3.63) is 29.8 Å². The molecule has 4 rings (SSSR count). The lowest BCUT2D eigenvalue weighted by Crippen LogP contribution is -2.60. The highest BCUT2D eigenvalue weighted by Gasteiger charge is 2.39. The van der Waals surface area contributed by atoms with Gasteiger partial charge < -0.3 is 34.6 Å². The Morgan fingerprint density at radius 3 is 2.49 bits per heavy atom. The number of nitrogens with zero attached hydrogens (tertiary/aromatic N) is 3. The normalized spacial score (nSPS) is 23.9. The summed E-state index contributed by atoms with van der Waals surface area (Å²) >= 11 is 0. The number of rotatable bonds is 6. The summed E-state index contributed by atoms with van der Waals surface area (Å²) in [4.78, 5) is 59.0. The Kier molecular flexibility index (Phi) is 12.6. The molecule has 3 aliphatic heterocycles. The first-order valence-electron chi connectivity index (χ1n) is 16.2. The van der Waals surface area contributed by atoms with E-state index in [1.807, 2.05) is 39.0 Å². The molecule has 0 spiro atoms. The van der Waals surface area contributed by atoms with Crippen molar-refractivity contribution in [3.63, 3.8) is 0 Å². The molecule has 2 N–H and O–H groups in total. The number of amides is 4. The zero-order chi connectivity index (χ0) is 32.4. The van der Waals surface area contributed by atoms with Gasteiger partial charge in [0.25, 0.3) is 0 Å². The molecule has 250 valence electrons. The third kappa shape index (κ3) is 10.7. The molecule has 0 aromatic heterocycles. The van der Waals surface area contributed by atoms with E-state index in [-0.39, 0.29) is 74.0 Å². The van der Waals surface area contributed by atoms with Crippen molar-refractivity contribution in [2.45, 2.75) is 77.5 Å². The van der Waals surface area contributed by atoms with Crippen LogP contribution in [0.15, 0.2) is 24.3 Å². The third-order valence-corrected chi connectivity index (χ3v) is 8.59. The molecule has 3 aliphatic rings. The molecule has 3 saturated heterocycles. The Morgan fingerprint density at radius 1 is 1.00 bits per heavy atom. The largest absolute Gasteiger partial charge is 0.497 e.